The van der Waals surface area contributed by atoms with E-state index in [1.54, 1.807) is 6.07 Å². The summed E-state index contributed by atoms with van der Waals surface area (Å²) in [7, 11) is -3.18. The van der Waals surface area contributed by atoms with Gasteiger partial charge in [-0.25, -0.2) is 17.9 Å². The summed E-state index contributed by atoms with van der Waals surface area (Å²) >= 11 is 0. The first kappa shape index (κ1) is 23.7. The van der Waals surface area contributed by atoms with Crippen LogP contribution in [0.1, 0.15) is 11.1 Å². The van der Waals surface area contributed by atoms with Crippen LogP contribution < -0.4 is 10.6 Å². The van der Waals surface area contributed by atoms with E-state index in [4.69, 9.17) is 20.9 Å². The largest absolute Gasteiger partial charge is 0.398 e. The first-order valence-corrected chi connectivity index (χ1v) is 13.5. The lowest BCUT2D eigenvalue weighted by Crippen LogP contribution is -2.47. The summed E-state index contributed by atoms with van der Waals surface area (Å²) in [6.07, 6.45) is 4.36. The molecule has 35 heavy (non-hydrogen) atoms. The number of aromatic nitrogens is 3. The number of ether oxygens (including phenoxy) is 1. The highest BCUT2D eigenvalue weighted by atomic mass is 32.2. The first-order chi connectivity index (χ1) is 16.8. The van der Waals surface area contributed by atoms with Gasteiger partial charge in [0.2, 0.25) is 10.0 Å². The number of hydrogen-bond donors (Lipinski definition) is 2. The summed E-state index contributed by atoms with van der Waals surface area (Å²) in [6, 6.07) is 7.61. The van der Waals surface area contributed by atoms with E-state index in [1.807, 2.05) is 28.9 Å². The van der Waals surface area contributed by atoms with Gasteiger partial charge < -0.3 is 20.8 Å². The van der Waals surface area contributed by atoms with Crippen molar-refractivity contribution in [1.82, 2.24) is 23.8 Å². The monoisotopic (exact) mass is 498 g/mol. The molecule has 0 bridgehead atoms. The number of fused-ring (bicyclic) bond motifs is 1. The highest BCUT2D eigenvalue weighted by Gasteiger charge is 2.25. The molecule has 2 aliphatic rings. The van der Waals surface area contributed by atoms with E-state index in [2.05, 4.69) is 14.9 Å². The Labute approximate surface area is 204 Å². The standard InChI is InChI=1S/C23H30N8O3S/c1-35(32,33)30-7-5-28(6-8-30)16-17-15-26-31-21(18-3-2-4-20(25)19(18)14-24)13-22(27-23(17)31)29-9-11-34-12-10-29/h2-4,13-15,24H,5-12,16,25H2,1H3. The number of hydrogen-bond acceptors (Lipinski definition) is 9. The summed E-state index contributed by atoms with van der Waals surface area (Å²) in [6.45, 7) is 5.63. The highest BCUT2D eigenvalue weighted by molar-refractivity contribution is 7.88. The second-order valence-electron chi connectivity index (χ2n) is 8.90. The van der Waals surface area contributed by atoms with Gasteiger partial charge in [-0.05, 0) is 6.07 Å². The van der Waals surface area contributed by atoms with Crippen molar-refractivity contribution in [3.05, 3.63) is 41.6 Å². The molecule has 4 heterocycles. The molecule has 12 heteroatoms. The summed E-state index contributed by atoms with van der Waals surface area (Å²) in [5, 5.41) is 12.6. The van der Waals surface area contributed by atoms with Crippen molar-refractivity contribution in [2.45, 2.75) is 6.54 Å². The van der Waals surface area contributed by atoms with E-state index in [0.29, 0.717) is 57.2 Å². The Kier molecular flexibility index (Phi) is 6.45. The van der Waals surface area contributed by atoms with Gasteiger partial charge in [-0.3, -0.25) is 4.90 Å². The average molecular weight is 499 g/mol. The van der Waals surface area contributed by atoms with E-state index in [9.17, 15) is 8.42 Å². The van der Waals surface area contributed by atoms with E-state index in [-0.39, 0.29) is 0 Å². The van der Waals surface area contributed by atoms with Gasteiger partial charge in [-0.2, -0.15) is 9.40 Å². The van der Waals surface area contributed by atoms with Crippen LogP contribution in [0.2, 0.25) is 0 Å². The lowest BCUT2D eigenvalue weighted by molar-refractivity contribution is 0.122. The van der Waals surface area contributed by atoms with Gasteiger partial charge in [0.1, 0.15) is 5.82 Å². The third-order valence-corrected chi connectivity index (χ3v) is 7.92. The third kappa shape index (κ3) is 4.74. The molecule has 2 aliphatic heterocycles. The molecule has 0 radical (unpaired) electrons. The van der Waals surface area contributed by atoms with E-state index >= 15 is 0 Å². The predicted octanol–water partition coefficient (Wildman–Crippen LogP) is 0.890. The zero-order chi connectivity index (χ0) is 24.6. The number of nitrogens with one attached hydrogen (secondary N) is 1. The van der Waals surface area contributed by atoms with Crippen molar-refractivity contribution in [3.8, 4) is 11.3 Å². The Morgan fingerprint density at radius 2 is 1.89 bits per heavy atom. The molecule has 1 aromatic carbocycles. The molecule has 0 spiro atoms. The Bertz CT molecular complexity index is 1340. The molecular weight excluding hydrogens is 468 g/mol. The number of nitrogen functional groups attached to an aromatic ring is 1. The van der Waals surface area contributed by atoms with Crippen molar-refractivity contribution in [2.24, 2.45) is 0 Å². The van der Waals surface area contributed by atoms with Crippen LogP contribution in [-0.4, -0.2) is 97.2 Å². The first-order valence-electron chi connectivity index (χ1n) is 11.6. The van der Waals surface area contributed by atoms with Crippen molar-refractivity contribution in [1.29, 1.82) is 5.41 Å². The summed E-state index contributed by atoms with van der Waals surface area (Å²) in [5.74, 6) is 0.831. The molecule has 0 unspecified atom stereocenters. The van der Waals surface area contributed by atoms with Gasteiger partial charge in [0.05, 0.1) is 31.4 Å². The predicted molar refractivity (Wildman–Crippen MR) is 135 cm³/mol. The molecule has 3 N–H and O–H groups in total. The van der Waals surface area contributed by atoms with Crippen LogP contribution in [-0.2, 0) is 21.3 Å². The van der Waals surface area contributed by atoms with Crippen molar-refractivity contribution < 1.29 is 13.2 Å². The Hall–Kier alpha value is -3.06. The number of piperazine rings is 1. The fraction of sp³-hybridized carbons (Fsp3) is 0.435. The van der Waals surface area contributed by atoms with Crippen LogP contribution in [0.3, 0.4) is 0 Å². The van der Waals surface area contributed by atoms with Gasteiger partial charge in [-0.1, -0.05) is 12.1 Å². The smallest absolute Gasteiger partial charge is 0.211 e. The van der Waals surface area contributed by atoms with Crippen LogP contribution >= 0.6 is 0 Å². The van der Waals surface area contributed by atoms with Crippen LogP contribution in [0.4, 0.5) is 11.5 Å². The summed E-state index contributed by atoms with van der Waals surface area (Å²) < 4.78 is 32.6. The van der Waals surface area contributed by atoms with Crippen LogP contribution in [0.5, 0.6) is 0 Å². The number of benzene rings is 1. The maximum atomic E-state index is 11.9. The second kappa shape index (κ2) is 9.53. The zero-order valence-corrected chi connectivity index (χ0v) is 20.5. The Morgan fingerprint density at radius 3 is 2.57 bits per heavy atom. The number of nitrogens with two attached hydrogens (primary N) is 1. The van der Waals surface area contributed by atoms with E-state index < -0.39 is 10.0 Å². The molecule has 0 saturated carbocycles. The molecule has 11 nitrogen and oxygen atoms in total. The minimum Gasteiger partial charge on any atom is -0.398 e. The molecule has 5 rings (SSSR count). The Morgan fingerprint density at radius 1 is 1.14 bits per heavy atom. The van der Waals surface area contributed by atoms with Gasteiger partial charge >= 0.3 is 0 Å². The third-order valence-electron chi connectivity index (χ3n) is 6.62. The van der Waals surface area contributed by atoms with Crippen molar-refractivity contribution >= 4 is 33.4 Å². The number of rotatable bonds is 6. The van der Waals surface area contributed by atoms with Crippen LogP contribution in [0.15, 0.2) is 30.5 Å². The maximum Gasteiger partial charge on any atom is 0.211 e. The van der Waals surface area contributed by atoms with Gasteiger partial charge in [0.15, 0.2) is 5.65 Å². The molecule has 0 atom stereocenters. The maximum absolute atomic E-state index is 11.9. The topological polar surface area (TPSA) is 133 Å². The highest BCUT2D eigenvalue weighted by Crippen LogP contribution is 2.31. The van der Waals surface area contributed by atoms with Crippen LogP contribution in [0.25, 0.3) is 16.9 Å². The minimum atomic E-state index is -3.18. The fourth-order valence-corrected chi connectivity index (χ4v) is 5.51. The van der Waals surface area contributed by atoms with Crippen LogP contribution in [0, 0.1) is 5.41 Å². The van der Waals surface area contributed by atoms with Gasteiger partial charge in [-0.15, -0.1) is 0 Å². The lowest BCUT2D eigenvalue weighted by atomic mass is 10.0. The Balaban J connectivity index is 1.54. The SMILES string of the molecule is CS(=O)(=O)N1CCN(Cc2cnn3c(-c4cccc(N)c4C=N)cc(N4CCOCC4)nc23)CC1. The zero-order valence-electron chi connectivity index (χ0n) is 19.7. The number of sulfonamides is 1. The average Bonchev–Trinajstić information content (AvgIpc) is 3.26. The minimum absolute atomic E-state index is 0.474. The lowest BCUT2D eigenvalue weighted by Gasteiger charge is -2.33. The van der Waals surface area contributed by atoms with E-state index in [0.717, 1.165) is 41.4 Å². The summed E-state index contributed by atoms with van der Waals surface area (Å²) in [5.41, 5.74) is 10.7. The molecule has 2 saturated heterocycles. The molecule has 0 aliphatic carbocycles. The number of nitrogens with zero attached hydrogens (tertiary/aromatic N) is 6. The molecule has 186 valence electrons. The number of morpholine rings is 1. The summed E-state index contributed by atoms with van der Waals surface area (Å²) in [4.78, 5) is 9.42. The normalized spacial score (nSPS) is 18.3. The molecular formula is C23H30N8O3S. The van der Waals surface area contributed by atoms with E-state index in [1.165, 1.54) is 16.8 Å². The quantitative estimate of drug-likeness (QED) is 0.378. The fourth-order valence-electron chi connectivity index (χ4n) is 4.68. The van der Waals surface area contributed by atoms with Crippen molar-refractivity contribution in [3.63, 3.8) is 0 Å². The molecule has 2 aromatic heterocycles. The number of anilines is 2. The molecule has 2 fully saturated rings. The second-order valence-corrected chi connectivity index (χ2v) is 10.9. The molecule has 0 amide bonds. The van der Waals surface area contributed by atoms with Crippen molar-refractivity contribution in [2.75, 3.05) is 69.4 Å². The van der Waals surface area contributed by atoms with Gasteiger partial charge in [0, 0.05) is 80.5 Å². The molecule has 3 aromatic rings. The van der Waals surface area contributed by atoms with Gasteiger partial charge in [0.25, 0.3) is 0 Å².